The molecule has 2 unspecified atom stereocenters. The lowest BCUT2D eigenvalue weighted by Crippen LogP contribution is -2.50. The van der Waals surface area contributed by atoms with Gasteiger partial charge in [-0.1, -0.05) is 110 Å². The van der Waals surface area contributed by atoms with Gasteiger partial charge in [0.15, 0.2) is 0 Å². The summed E-state index contributed by atoms with van der Waals surface area (Å²) in [6, 6.07) is 0. The van der Waals surface area contributed by atoms with Crippen molar-refractivity contribution in [2.24, 2.45) is 0 Å². The number of aliphatic carboxylic acids is 1. The molecule has 0 bridgehead atoms. The van der Waals surface area contributed by atoms with Gasteiger partial charge in [0.05, 0.1) is 26.6 Å². The molecule has 0 radical (unpaired) electrons. The SMILES string of the molecule is CCCCCCCCCCCCCCCCC(O)C[N+](C)(CCCC)CCCC(=O)O. The first-order valence-corrected chi connectivity index (χ1v) is 13.7. The van der Waals surface area contributed by atoms with Gasteiger partial charge in [0.2, 0.25) is 0 Å². The van der Waals surface area contributed by atoms with Gasteiger partial charge in [-0.3, -0.25) is 4.79 Å². The highest BCUT2D eigenvalue weighted by Crippen LogP contribution is 2.16. The predicted octanol–water partition coefficient (Wildman–Crippen LogP) is 7.33. The highest BCUT2D eigenvalue weighted by molar-refractivity contribution is 5.66. The molecule has 31 heavy (non-hydrogen) atoms. The third-order valence-corrected chi connectivity index (χ3v) is 6.68. The second-order valence-corrected chi connectivity index (χ2v) is 10.1. The predicted molar refractivity (Wildman–Crippen MR) is 133 cm³/mol. The number of quaternary nitrogens is 1. The number of rotatable bonds is 24. The minimum absolute atomic E-state index is 0.231. The number of carboxylic acid groups (broad SMARTS) is 1. The van der Waals surface area contributed by atoms with Crippen molar-refractivity contribution >= 4 is 5.97 Å². The Hall–Kier alpha value is -0.610. The van der Waals surface area contributed by atoms with Crippen LogP contribution >= 0.6 is 0 Å². The number of hydrogen-bond donors (Lipinski definition) is 2. The fraction of sp³-hybridized carbons (Fsp3) is 0.963. The summed E-state index contributed by atoms with van der Waals surface area (Å²) in [7, 11) is 2.19. The second kappa shape index (κ2) is 21.2. The van der Waals surface area contributed by atoms with Gasteiger partial charge in [-0.25, -0.2) is 0 Å². The molecule has 0 rings (SSSR count). The van der Waals surface area contributed by atoms with Crippen LogP contribution in [0.2, 0.25) is 0 Å². The van der Waals surface area contributed by atoms with E-state index in [-0.39, 0.29) is 12.5 Å². The van der Waals surface area contributed by atoms with Crippen LogP contribution in [0.5, 0.6) is 0 Å². The van der Waals surface area contributed by atoms with E-state index in [0.29, 0.717) is 6.42 Å². The number of carbonyl (C=O) groups is 1. The lowest BCUT2D eigenvalue weighted by Gasteiger charge is -2.36. The molecule has 0 aliphatic carbocycles. The van der Waals surface area contributed by atoms with Gasteiger partial charge in [-0.05, 0) is 12.8 Å². The first-order chi connectivity index (χ1) is 14.9. The summed E-state index contributed by atoms with van der Waals surface area (Å²) in [6.45, 7) is 7.11. The van der Waals surface area contributed by atoms with Crippen LogP contribution in [0.25, 0.3) is 0 Å². The van der Waals surface area contributed by atoms with Crippen LogP contribution in [0.15, 0.2) is 0 Å². The quantitative estimate of drug-likeness (QED) is 0.121. The molecule has 0 fully saturated rings. The minimum Gasteiger partial charge on any atom is -0.481 e. The van der Waals surface area contributed by atoms with E-state index in [9.17, 15) is 9.90 Å². The van der Waals surface area contributed by atoms with Crippen LogP contribution < -0.4 is 0 Å². The molecule has 0 aromatic carbocycles. The van der Waals surface area contributed by atoms with Crippen LogP contribution in [0.3, 0.4) is 0 Å². The van der Waals surface area contributed by atoms with Gasteiger partial charge in [-0.15, -0.1) is 0 Å². The third kappa shape index (κ3) is 21.0. The van der Waals surface area contributed by atoms with E-state index in [1.54, 1.807) is 0 Å². The number of nitrogens with zero attached hydrogens (tertiary/aromatic N) is 1. The summed E-state index contributed by atoms with van der Waals surface area (Å²) in [6.07, 6.45) is 22.8. The molecule has 0 saturated heterocycles. The Balaban J connectivity index is 3.70. The first-order valence-electron chi connectivity index (χ1n) is 13.7. The molecule has 0 heterocycles. The Bertz CT molecular complexity index is 402. The van der Waals surface area contributed by atoms with Crippen LogP contribution in [0, 0.1) is 0 Å². The molecule has 0 saturated carbocycles. The average molecular weight is 443 g/mol. The van der Waals surface area contributed by atoms with E-state index in [1.165, 1.54) is 83.5 Å². The molecule has 0 aromatic heterocycles. The lowest BCUT2D eigenvalue weighted by molar-refractivity contribution is -0.912. The summed E-state index contributed by atoms with van der Waals surface area (Å²) in [5.41, 5.74) is 0. The monoisotopic (exact) mass is 442 g/mol. The Morgan fingerprint density at radius 3 is 1.55 bits per heavy atom. The number of aliphatic hydroxyl groups excluding tert-OH is 1. The van der Waals surface area contributed by atoms with E-state index in [4.69, 9.17) is 5.11 Å². The van der Waals surface area contributed by atoms with Gasteiger partial charge >= 0.3 is 5.97 Å². The molecule has 2 N–H and O–H groups in total. The minimum atomic E-state index is -0.718. The van der Waals surface area contributed by atoms with Crippen LogP contribution in [-0.4, -0.2) is 53.5 Å². The molecule has 0 aliphatic heterocycles. The fourth-order valence-corrected chi connectivity index (χ4v) is 4.62. The number of likely N-dealkylation sites (N-methyl/N-ethyl adjacent to an activating group) is 1. The molecule has 4 heteroatoms. The third-order valence-electron chi connectivity index (χ3n) is 6.68. The van der Waals surface area contributed by atoms with Crippen molar-refractivity contribution in [3.8, 4) is 0 Å². The molecule has 2 atom stereocenters. The summed E-state index contributed by atoms with van der Waals surface area (Å²) >= 11 is 0. The van der Waals surface area contributed by atoms with Gasteiger partial charge < -0.3 is 14.7 Å². The van der Waals surface area contributed by atoms with Crippen molar-refractivity contribution in [2.45, 2.75) is 142 Å². The van der Waals surface area contributed by atoms with Crippen molar-refractivity contribution in [2.75, 3.05) is 26.7 Å². The van der Waals surface area contributed by atoms with E-state index in [2.05, 4.69) is 20.9 Å². The summed E-state index contributed by atoms with van der Waals surface area (Å²) in [5, 5.41) is 19.5. The van der Waals surface area contributed by atoms with Crippen molar-refractivity contribution < 1.29 is 19.5 Å². The zero-order valence-corrected chi connectivity index (χ0v) is 21.4. The maximum Gasteiger partial charge on any atom is 0.303 e. The molecule has 0 spiro atoms. The number of carboxylic acids is 1. The average Bonchev–Trinajstić information content (AvgIpc) is 2.72. The molecular formula is C27H56NO3+. The highest BCUT2D eigenvalue weighted by atomic mass is 16.4. The van der Waals surface area contributed by atoms with Gasteiger partial charge in [0.25, 0.3) is 0 Å². The summed E-state index contributed by atoms with van der Waals surface area (Å²) < 4.78 is 0.806. The Morgan fingerprint density at radius 1 is 0.677 bits per heavy atom. The lowest BCUT2D eigenvalue weighted by atomic mass is 10.0. The fourth-order valence-electron chi connectivity index (χ4n) is 4.62. The number of aliphatic hydroxyl groups is 1. The molecule has 0 amide bonds. The molecule has 0 aromatic rings. The van der Waals surface area contributed by atoms with Crippen molar-refractivity contribution in [1.29, 1.82) is 0 Å². The topological polar surface area (TPSA) is 57.5 Å². The second-order valence-electron chi connectivity index (χ2n) is 10.1. The molecule has 0 aliphatic rings. The molecule has 4 nitrogen and oxygen atoms in total. The molecule has 186 valence electrons. The number of unbranched alkanes of at least 4 members (excludes halogenated alkanes) is 14. The Kier molecular flexibility index (Phi) is 20.8. The van der Waals surface area contributed by atoms with E-state index in [1.807, 2.05) is 0 Å². The largest absolute Gasteiger partial charge is 0.481 e. The summed E-state index contributed by atoms with van der Waals surface area (Å²) in [5.74, 6) is -0.718. The van der Waals surface area contributed by atoms with Crippen molar-refractivity contribution in [3.63, 3.8) is 0 Å². The van der Waals surface area contributed by atoms with Crippen molar-refractivity contribution in [3.05, 3.63) is 0 Å². The van der Waals surface area contributed by atoms with E-state index in [0.717, 1.165) is 49.8 Å². The smallest absolute Gasteiger partial charge is 0.303 e. The Labute approximate surface area is 194 Å². The van der Waals surface area contributed by atoms with Gasteiger partial charge in [0.1, 0.15) is 12.6 Å². The van der Waals surface area contributed by atoms with E-state index < -0.39 is 5.97 Å². The van der Waals surface area contributed by atoms with Crippen molar-refractivity contribution in [1.82, 2.24) is 0 Å². The van der Waals surface area contributed by atoms with Gasteiger partial charge in [0, 0.05) is 6.42 Å². The van der Waals surface area contributed by atoms with E-state index >= 15 is 0 Å². The number of hydrogen-bond acceptors (Lipinski definition) is 2. The first kappa shape index (κ1) is 30.4. The maximum absolute atomic E-state index is 10.8. The van der Waals surface area contributed by atoms with Crippen LogP contribution in [0.4, 0.5) is 0 Å². The maximum atomic E-state index is 10.8. The van der Waals surface area contributed by atoms with Crippen LogP contribution in [0.1, 0.15) is 136 Å². The highest BCUT2D eigenvalue weighted by Gasteiger charge is 2.24. The normalized spacial score (nSPS) is 14.5. The summed E-state index contributed by atoms with van der Waals surface area (Å²) in [4.78, 5) is 10.8. The standard InChI is InChI=1S/C27H55NO3/c1-4-6-8-9-10-11-12-13-14-15-16-17-18-19-21-26(29)25-28(3,23-7-5-2)24-20-22-27(30)31/h26,29H,4-25H2,1-3H3/p+1. The Morgan fingerprint density at radius 2 is 1.10 bits per heavy atom. The van der Waals surface area contributed by atoms with Crippen LogP contribution in [-0.2, 0) is 4.79 Å². The zero-order chi connectivity index (χ0) is 23.2. The molecular weight excluding hydrogens is 386 g/mol. The zero-order valence-electron chi connectivity index (χ0n) is 21.4. The van der Waals surface area contributed by atoms with Gasteiger partial charge in [-0.2, -0.15) is 0 Å².